The van der Waals surface area contributed by atoms with E-state index in [1.54, 1.807) is 37.3 Å². The molecule has 116 valence electrons. The summed E-state index contributed by atoms with van der Waals surface area (Å²) in [4.78, 5) is 11.8. The van der Waals surface area contributed by atoms with Crippen LogP contribution in [-0.4, -0.2) is 21.4 Å². The molecule has 0 aliphatic heterocycles. The van der Waals surface area contributed by atoms with Gasteiger partial charge in [-0.15, -0.1) is 0 Å². The van der Waals surface area contributed by atoms with Gasteiger partial charge in [0.1, 0.15) is 0 Å². The van der Waals surface area contributed by atoms with Crippen molar-refractivity contribution in [3.63, 3.8) is 0 Å². The average molecular weight is 318 g/mol. The van der Waals surface area contributed by atoms with Gasteiger partial charge in [0, 0.05) is 18.3 Å². The van der Waals surface area contributed by atoms with Gasteiger partial charge in [-0.3, -0.25) is 9.52 Å². The maximum Gasteiger partial charge on any atom is 0.262 e. The molecule has 0 saturated heterocycles. The number of benzene rings is 2. The molecule has 0 bridgehead atoms. The summed E-state index contributed by atoms with van der Waals surface area (Å²) in [5.74, 6) is -0.327. The first kappa shape index (κ1) is 16.0. The van der Waals surface area contributed by atoms with Gasteiger partial charge in [0.2, 0.25) is 0 Å². The van der Waals surface area contributed by atoms with Crippen LogP contribution in [0.5, 0.6) is 0 Å². The molecule has 0 aliphatic carbocycles. The van der Waals surface area contributed by atoms with E-state index in [2.05, 4.69) is 10.0 Å². The Balaban J connectivity index is 2.42. The van der Waals surface area contributed by atoms with E-state index in [4.69, 9.17) is 0 Å². The number of anilines is 1. The van der Waals surface area contributed by atoms with Crippen LogP contribution in [0, 0.1) is 13.8 Å². The fraction of sp³-hybridized carbons (Fsp3) is 0.188. The molecule has 0 atom stereocenters. The largest absolute Gasteiger partial charge is 0.355 e. The van der Waals surface area contributed by atoms with E-state index >= 15 is 0 Å². The van der Waals surface area contributed by atoms with Gasteiger partial charge in [-0.25, -0.2) is 8.42 Å². The van der Waals surface area contributed by atoms with Crippen LogP contribution in [0.4, 0.5) is 5.69 Å². The fourth-order valence-corrected chi connectivity index (χ4v) is 3.42. The third-order valence-electron chi connectivity index (χ3n) is 3.24. The molecule has 0 radical (unpaired) electrons. The van der Waals surface area contributed by atoms with Crippen molar-refractivity contribution in [2.75, 3.05) is 11.8 Å². The summed E-state index contributed by atoms with van der Waals surface area (Å²) >= 11 is 0. The fourth-order valence-electron chi connectivity index (χ4n) is 2.09. The number of carbonyl (C=O) groups excluding carboxylic acids is 1. The molecule has 22 heavy (non-hydrogen) atoms. The number of carbonyl (C=O) groups is 1. The number of aryl methyl sites for hydroxylation is 2. The number of rotatable bonds is 4. The van der Waals surface area contributed by atoms with E-state index < -0.39 is 10.0 Å². The summed E-state index contributed by atoms with van der Waals surface area (Å²) in [5.41, 5.74) is 2.33. The first-order valence-electron chi connectivity index (χ1n) is 6.76. The minimum absolute atomic E-state index is 0.0927. The Morgan fingerprint density at radius 2 is 1.77 bits per heavy atom. The van der Waals surface area contributed by atoms with E-state index in [1.807, 2.05) is 13.0 Å². The molecular formula is C16H18N2O3S. The van der Waals surface area contributed by atoms with Crippen LogP contribution in [0.25, 0.3) is 0 Å². The van der Waals surface area contributed by atoms with Crippen molar-refractivity contribution in [2.45, 2.75) is 18.7 Å². The normalized spacial score (nSPS) is 11.0. The maximum absolute atomic E-state index is 12.6. The predicted molar refractivity (Wildman–Crippen MR) is 86.6 cm³/mol. The molecule has 2 N–H and O–H groups in total. The lowest BCUT2D eigenvalue weighted by atomic mass is 10.1. The molecule has 0 aromatic heterocycles. The molecule has 0 spiro atoms. The van der Waals surface area contributed by atoms with Gasteiger partial charge in [-0.2, -0.15) is 0 Å². The summed E-state index contributed by atoms with van der Waals surface area (Å²) in [6, 6.07) is 11.7. The number of nitrogens with one attached hydrogen (secondary N) is 2. The van der Waals surface area contributed by atoms with Crippen LogP contribution in [0.15, 0.2) is 47.4 Å². The maximum atomic E-state index is 12.6. The van der Waals surface area contributed by atoms with E-state index in [0.29, 0.717) is 16.8 Å². The molecule has 0 heterocycles. The molecule has 5 nitrogen and oxygen atoms in total. The molecule has 2 aromatic rings. The van der Waals surface area contributed by atoms with E-state index in [0.717, 1.165) is 5.56 Å². The zero-order chi connectivity index (χ0) is 16.3. The highest BCUT2D eigenvalue weighted by Crippen LogP contribution is 2.21. The Hall–Kier alpha value is -2.34. The van der Waals surface area contributed by atoms with Crippen molar-refractivity contribution < 1.29 is 13.2 Å². The zero-order valence-corrected chi connectivity index (χ0v) is 13.5. The molecule has 6 heteroatoms. The quantitative estimate of drug-likeness (QED) is 0.909. The summed E-state index contributed by atoms with van der Waals surface area (Å²) in [6.45, 7) is 3.58. The highest BCUT2D eigenvalue weighted by molar-refractivity contribution is 7.92. The summed E-state index contributed by atoms with van der Waals surface area (Å²) in [7, 11) is -2.25. The van der Waals surface area contributed by atoms with Gasteiger partial charge in [0.25, 0.3) is 15.9 Å². The minimum atomic E-state index is -3.76. The standard InChI is InChI=1S/C16H18N2O3S/c1-11-5-4-6-14(9-11)18-22(20,21)15-10-13(16(19)17-3)8-7-12(15)2/h4-10,18H,1-3H3,(H,17,19). The Labute approximate surface area is 130 Å². The van der Waals surface area contributed by atoms with Crippen molar-refractivity contribution in [1.29, 1.82) is 0 Å². The highest BCUT2D eigenvalue weighted by Gasteiger charge is 2.19. The van der Waals surface area contributed by atoms with Crippen LogP contribution >= 0.6 is 0 Å². The van der Waals surface area contributed by atoms with Crippen molar-refractivity contribution in [3.8, 4) is 0 Å². The molecule has 0 unspecified atom stereocenters. The Kier molecular flexibility index (Phi) is 4.51. The molecule has 0 saturated carbocycles. The molecule has 0 fully saturated rings. The second-order valence-electron chi connectivity index (χ2n) is 5.03. The van der Waals surface area contributed by atoms with Gasteiger partial charge < -0.3 is 5.32 Å². The number of hydrogen-bond acceptors (Lipinski definition) is 3. The Morgan fingerprint density at radius 1 is 1.05 bits per heavy atom. The molecular weight excluding hydrogens is 300 g/mol. The van der Waals surface area contributed by atoms with Gasteiger partial charge in [0.15, 0.2) is 0 Å². The Morgan fingerprint density at radius 3 is 2.41 bits per heavy atom. The third kappa shape index (κ3) is 3.46. The predicted octanol–water partition coefficient (Wildman–Crippen LogP) is 2.46. The van der Waals surface area contributed by atoms with Crippen molar-refractivity contribution in [3.05, 3.63) is 59.2 Å². The van der Waals surface area contributed by atoms with Crippen molar-refractivity contribution >= 4 is 21.6 Å². The number of hydrogen-bond donors (Lipinski definition) is 2. The number of amides is 1. The monoisotopic (exact) mass is 318 g/mol. The van der Waals surface area contributed by atoms with Crippen LogP contribution in [0.3, 0.4) is 0 Å². The van der Waals surface area contributed by atoms with Crippen LogP contribution in [0.2, 0.25) is 0 Å². The zero-order valence-electron chi connectivity index (χ0n) is 12.7. The lowest BCUT2D eigenvalue weighted by Gasteiger charge is -2.12. The van der Waals surface area contributed by atoms with Gasteiger partial charge in [-0.1, -0.05) is 18.2 Å². The van der Waals surface area contributed by atoms with Crippen LogP contribution < -0.4 is 10.0 Å². The van der Waals surface area contributed by atoms with Crippen LogP contribution in [-0.2, 0) is 10.0 Å². The van der Waals surface area contributed by atoms with Crippen molar-refractivity contribution in [2.24, 2.45) is 0 Å². The smallest absolute Gasteiger partial charge is 0.262 e. The summed E-state index contributed by atoms with van der Waals surface area (Å²) < 4.78 is 27.6. The van der Waals surface area contributed by atoms with E-state index in [9.17, 15) is 13.2 Å². The van der Waals surface area contributed by atoms with E-state index in [1.165, 1.54) is 13.1 Å². The third-order valence-corrected chi connectivity index (χ3v) is 4.76. The summed E-state index contributed by atoms with van der Waals surface area (Å²) in [5, 5.41) is 2.48. The SMILES string of the molecule is CNC(=O)c1ccc(C)c(S(=O)(=O)Nc2cccc(C)c2)c1. The average Bonchev–Trinajstić information content (AvgIpc) is 2.46. The second kappa shape index (κ2) is 6.19. The summed E-state index contributed by atoms with van der Waals surface area (Å²) in [6.07, 6.45) is 0. The topological polar surface area (TPSA) is 75.3 Å². The van der Waals surface area contributed by atoms with Crippen LogP contribution in [0.1, 0.15) is 21.5 Å². The first-order chi connectivity index (χ1) is 10.3. The first-order valence-corrected chi connectivity index (χ1v) is 8.24. The van der Waals surface area contributed by atoms with Crippen molar-refractivity contribution in [1.82, 2.24) is 5.32 Å². The lowest BCUT2D eigenvalue weighted by molar-refractivity contribution is 0.0963. The molecule has 2 aromatic carbocycles. The molecule has 2 rings (SSSR count). The van der Waals surface area contributed by atoms with Gasteiger partial charge in [-0.05, 0) is 49.2 Å². The highest BCUT2D eigenvalue weighted by atomic mass is 32.2. The Bertz CT molecular complexity index is 814. The second-order valence-corrected chi connectivity index (χ2v) is 6.69. The number of sulfonamides is 1. The van der Waals surface area contributed by atoms with E-state index in [-0.39, 0.29) is 10.8 Å². The van der Waals surface area contributed by atoms with Gasteiger partial charge >= 0.3 is 0 Å². The lowest BCUT2D eigenvalue weighted by Crippen LogP contribution is -2.20. The van der Waals surface area contributed by atoms with Gasteiger partial charge in [0.05, 0.1) is 4.90 Å². The minimum Gasteiger partial charge on any atom is -0.355 e. The molecule has 1 amide bonds. The molecule has 0 aliphatic rings.